The topological polar surface area (TPSA) is 117 Å². The zero-order chi connectivity index (χ0) is 20.9. The Hall–Kier alpha value is -4.15. The van der Waals surface area contributed by atoms with Crippen molar-refractivity contribution in [1.29, 1.82) is 0 Å². The number of pyridine rings is 1. The summed E-state index contributed by atoms with van der Waals surface area (Å²) in [4.78, 5) is 20.1. The summed E-state index contributed by atoms with van der Waals surface area (Å²) in [6.07, 6.45) is 5.32. The molecule has 1 fully saturated rings. The molecule has 0 radical (unpaired) electrons. The van der Waals surface area contributed by atoms with Crippen molar-refractivity contribution in [1.82, 2.24) is 40.2 Å². The third-order valence-electron chi connectivity index (χ3n) is 5.65. The van der Waals surface area contributed by atoms with E-state index in [-0.39, 0.29) is 18.2 Å². The summed E-state index contributed by atoms with van der Waals surface area (Å²) in [5.41, 5.74) is 4.68. The minimum Gasteiger partial charge on any atom is -0.442 e. The molecule has 3 aromatic heterocycles. The minimum absolute atomic E-state index is 0.0508. The van der Waals surface area contributed by atoms with Gasteiger partial charge >= 0.3 is 6.09 Å². The van der Waals surface area contributed by atoms with Crippen LogP contribution < -0.4 is 4.90 Å². The van der Waals surface area contributed by atoms with Crippen LogP contribution in [0, 0.1) is 0 Å². The first kappa shape index (κ1) is 17.7. The Morgan fingerprint density at radius 1 is 1.16 bits per heavy atom. The molecule has 0 bridgehead atoms. The monoisotopic (exact) mass is 415 g/mol. The number of cyclic esters (lactones) is 1. The van der Waals surface area contributed by atoms with Gasteiger partial charge in [0.25, 0.3) is 0 Å². The normalized spacial score (nSPS) is 19.4. The van der Waals surface area contributed by atoms with E-state index in [1.807, 2.05) is 24.3 Å². The van der Waals surface area contributed by atoms with Crippen LogP contribution in [0.2, 0.25) is 0 Å². The molecule has 154 valence electrons. The van der Waals surface area contributed by atoms with Crippen molar-refractivity contribution >= 4 is 11.8 Å². The van der Waals surface area contributed by atoms with E-state index in [1.54, 1.807) is 35.2 Å². The summed E-state index contributed by atoms with van der Waals surface area (Å²) in [6, 6.07) is 9.90. The standard InChI is InChI=1S/C20H17N9O2/c1-27-24-19(23-26-27)15-4-2-13(10-21-15)12-3-5-16-14(8-12)9-17-18(31-20(30)29(16)17)11-28-7-6-22-25-28/h2-8,10,17-18H,9,11H2,1H3/t17?,18-/m0/s1. The Morgan fingerprint density at radius 2 is 2.06 bits per heavy atom. The first-order chi connectivity index (χ1) is 15.2. The van der Waals surface area contributed by atoms with Gasteiger partial charge in [0.2, 0.25) is 5.82 Å². The lowest BCUT2D eigenvalue weighted by Gasteiger charge is -2.16. The number of aromatic nitrogens is 8. The van der Waals surface area contributed by atoms with E-state index in [1.165, 1.54) is 4.80 Å². The van der Waals surface area contributed by atoms with Gasteiger partial charge in [-0.15, -0.1) is 15.3 Å². The average molecular weight is 415 g/mol. The van der Waals surface area contributed by atoms with Crippen LogP contribution in [0.3, 0.4) is 0 Å². The molecule has 31 heavy (non-hydrogen) atoms. The maximum atomic E-state index is 12.5. The van der Waals surface area contributed by atoms with Crippen molar-refractivity contribution in [2.75, 3.05) is 4.90 Å². The lowest BCUT2D eigenvalue weighted by atomic mass is 10.0. The predicted molar refractivity (Wildman–Crippen MR) is 108 cm³/mol. The number of rotatable bonds is 4. The molecule has 0 saturated carbocycles. The van der Waals surface area contributed by atoms with E-state index >= 15 is 0 Å². The van der Waals surface area contributed by atoms with Crippen molar-refractivity contribution in [3.05, 3.63) is 54.5 Å². The Kier molecular flexibility index (Phi) is 3.82. The fourth-order valence-electron chi connectivity index (χ4n) is 4.21. The van der Waals surface area contributed by atoms with Crippen molar-refractivity contribution in [3.63, 3.8) is 0 Å². The quantitative estimate of drug-likeness (QED) is 0.492. The molecule has 1 saturated heterocycles. The molecule has 1 aromatic carbocycles. The highest BCUT2D eigenvalue weighted by molar-refractivity contribution is 5.94. The number of fused-ring (bicyclic) bond motifs is 3. The third-order valence-corrected chi connectivity index (χ3v) is 5.65. The van der Waals surface area contributed by atoms with E-state index in [4.69, 9.17) is 4.74 Å². The number of ether oxygens (including phenoxy) is 1. The lowest BCUT2D eigenvalue weighted by Crippen LogP contribution is -2.35. The zero-order valence-electron chi connectivity index (χ0n) is 16.5. The molecule has 11 nitrogen and oxygen atoms in total. The second-order valence-corrected chi connectivity index (χ2v) is 7.57. The Balaban J connectivity index is 1.26. The van der Waals surface area contributed by atoms with Gasteiger partial charge in [-0.25, -0.2) is 9.48 Å². The van der Waals surface area contributed by atoms with Crippen LogP contribution in [-0.4, -0.2) is 58.4 Å². The number of tetrazole rings is 1. The highest BCUT2D eigenvalue weighted by Crippen LogP contribution is 2.40. The van der Waals surface area contributed by atoms with Crippen LogP contribution in [0.15, 0.2) is 48.9 Å². The van der Waals surface area contributed by atoms with Gasteiger partial charge in [0.1, 0.15) is 11.8 Å². The van der Waals surface area contributed by atoms with Crippen molar-refractivity contribution in [2.45, 2.75) is 25.1 Å². The van der Waals surface area contributed by atoms with Gasteiger partial charge in [0.05, 0.1) is 31.5 Å². The Labute approximate surface area is 176 Å². The molecule has 2 atom stereocenters. The second kappa shape index (κ2) is 6.69. The molecule has 11 heteroatoms. The maximum absolute atomic E-state index is 12.5. The molecular formula is C20H17N9O2. The van der Waals surface area contributed by atoms with Crippen LogP contribution in [-0.2, 0) is 24.8 Å². The largest absolute Gasteiger partial charge is 0.442 e. The highest BCUT2D eigenvalue weighted by atomic mass is 16.6. The number of carbonyl (C=O) groups is 1. The van der Waals surface area contributed by atoms with Crippen LogP contribution in [0.4, 0.5) is 10.5 Å². The number of hydrogen-bond donors (Lipinski definition) is 0. The van der Waals surface area contributed by atoms with E-state index in [0.29, 0.717) is 18.1 Å². The summed E-state index contributed by atoms with van der Waals surface area (Å²) in [5, 5.41) is 19.8. The van der Waals surface area contributed by atoms with E-state index < -0.39 is 0 Å². The van der Waals surface area contributed by atoms with Gasteiger partial charge in [-0.3, -0.25) is 9.88 Å². The highest BCUT2D eigenvalue weighted by Gasteiger charge is 2.47. The Bertz CT molecular complexity index is 1270. The van der Waals surface area contributed by atoms with E-state index in [9.17, 15) is 4.79 Å². The number of nitrogens with zero attached hydrogens (tertiary/aromatic N) is 9. The molecule has 2 aliphatic rings. The average Bonchev–Trinajstić information content (AvgIpc) is 3.55. The molecule has 6 rings (SSSR count). The number of amides is 1. The number of benzene rings is 1. The van der Waals surface area contributed by atoms with Crippen molar-refractivity contribution < 1.29 is 9.53 Å². The summed E-state index contributed by atoms with van der Waals surface area (Å²) in [5.74, 6) is 0.487. The van der Waals surface area contributed by atoms with Gasteiger partial charge in [0.15, 0.2) is 0 Å². The fourth-order valence-corrected chi connectivity index (χ4v) is 4.21. The first-order valence-electron chi connectivity index (χ1n) is 9.83. The lowest BCUT2D eigenvalue weighted by molar-refractivity contribution is 0.117. The third kappa shape index (κ3) is 2.93. The summed E-state index contributed by atoms with van der Waals surface area (Å²) in [6.45, 7) is 0.482. The van der Waals surface area contributed by atoms with Crippen LogP contribution >= 0.6 is 0 Å². The molecule has 1 unspecified atom stereocenters. The maximum Gasteiger partial charge on any atom is 0.415 e. The first-order valence-corrected chi connectivity index (χ1v) is 9.83. The summed E-state index contributed by atoms with van der Waals surface area (Å²) < 4.78 is 7.29. The fraction of sp³-hybridized carbons (Fsp3) is 0.250. The molecule has 1 amide bonds. The van der Waals surface area contributed by atoms with Gasteiger partial charge in [0, 0.05) is 18.0 Å². The summed E-state index contributed by atoms with van der Waals surface area (Å²) in [7, 11) is 1.72. The number of anilines is 1. The van der Waals surface area contributed by atoms with Crippen molar-refractivity contribution in [3.8, 4) is 22.6 Å². The van der Waals surface area contributed by atoms with Crippen LogP contribution in [0.25, 0.3) is 22.6 Å². The zero-order valence-corrected chi connectivity index (χ0v) is 16.5. The van der Waals surface area contributed by atoms with E-state index in [0.717, 1.165) is 28.8 Å². The number of hydrogen-bond acceptors (Lipinski definition) is 8. The van der Waals surface area contributed by atoms with E-state index in [2.05, 4.69) is 36.8 Å². The van der Waals surface area contributed by atoms with Crippen LogP contribution in [0.5, 0.6) is 0 Å². The molecular weight excluding hydrogens is 398 g/mol. The molecule has 2 aliphatic heterocycles. The molecule has 5 heterocycles. The number of aryl methyl sites for hydroxylation is 1. The molecule has 0 aliphatic carbocycles. The molecule has 0 N–H and O–H groups in total. The Morgan fingerprint density at radius 3 is 2.81 bits per heavy atom. The summed E-state index contributed by atoms with van der Waals surface area (Å²) >= 11 is 0. The van der Waals surface area contributed by atoms with Gasteiger partial charge in [-0.1, -0.05) is 17.3 Å². The molecule has 0 spiro atoms. The minimum atomic E-state index is -0.316. The van der Waals surface area contributed by atoms with Crippen LogP contribution in [0.1, 0.15) is 5.56 Å². The van der Waals surface area contributed by atoms with Gasteiger partial charge < -0.3 is 4.74 Å². The molecule has 4 aromatic rings. The SMILES string of the molecule is Cn1nnc(-c2ccc(-c3ccc4c(c3)CC3[C@H](Cn5ccnn5)OC(=O)N43)cn2)n1. The predicted octanol–water partition coefficient (Wildman–Crippen LogP) is 1.48. The van der Waals surface area contributed by atoms with Gasteiger partial charge in [-0.05, 0) is 41.0 Å². The van der Waals surface area contributed by atoms with Gasteiger partial charge in [-0.2, -0.15) is 4.80 Å². The smallest absolute Gasteiger partial charge is 0.415 e. The van der Waals surface area contributed by atoms with Crippen molar-refractivity contribution in [2.24, 2.45) is 7.05 Å². The second-order valence-electron chi connectivity index (χ2n) is 7.57. The number of carbonyl (C=O) groups excluding carboxylic acids is 1.